The van der Waals surface area contributed by atoms with Gasteiger partial charge in [0.25, 0.3) is 0 Å². The topological polar surface area (TPSA) is 23.5 Å². The second-order valence-corrected chi connectivity index (χ2v) is 4.97. The van der Waals surface area contributed by atoms with Gasteiger partial charge in [-0.15, -0.1) is 0 Å². The average Bonchev–Trinajstić information content (AvgIpc) is 2.66. The Balaban J connectivity index is 1.91. The molecule has 1 aromatic rings. The third-order valence-electron chi connectivity index (χ3n) is 3.39. The summed E-state index contributed by atoms with van der Waals surface area (Å²) in [6, 6.07) is 6.19. The zero-order valence-corrected chi connectivity index (χ0v) is 10.4. The molecule has 1 fully saturated rings. The van der Waals surface area contributed by atoms with Crippen LogP contribution in [0.25, 0.3) is 0 Å². The molecule has 0 spiro atoms. The number of likely N-dealkylation sites (tertiary alicyclic amines) is 1. The quantitative estimate of drug-likeness (QED) is 0.877. The molecule has 1 aromatic carbocycles. The van der Waals surface area contributed by atoms with Crippen molar-refractivity contribution >= 4 is 11.6 Å². The summed E-state index contributed by atoms with van der Waals surface area (Å²) in [6.45, 7) is 4.59. The Bertz CT molecular complexity index is 367. The average molecular weight is 240 g/mol. The molecule has 0 saturated carbocycles. The van der Waals surface area contributed by atoms with Crippen LogP contribution in [0.15, 0.2) is 18.2 Å². The summed E-state index contributed by atoms with van der Waals surface area (Å²) in [6.07, 6.45) is 3.64. The van der Waals surface area contributed by atoms with E-state index >= 15 is 0 Å². The normalized spacial score (nSPS) is 21.5. The van der Waals surface area contributed by atoms with Crippen molar-refractivity contribution in [3.05, 3.63) is 28.8 Å². The van der Waals surface area contributed by atoms with Crippen LogP contribution in [0, 0.1) is 0 Å². The Morgan fingerprint density at radius 3 is 2.94 bits per heavy atom. The summed E-state index contributed by atoms with van der Waals surface area (Å²) < 4.78 is 0. The summed E-state index contributed by atoms with van der Waals surface area (Å²) in [5, 5.41) is 9.77. The summed E-state index contributed by atoms with van der Waals surface area (Å²) in [4.78, 5) is 2.51. The molecule has 0 aliphatic carbocycles. The molecule has 1 N–H and O–H groups in total. The monoisotopic (exact) mass is 239 g/mol. The van der Waals surface area contributed by atoms with Crippen molar-refractivity contribution in [2.24, 2.45) is 0 Å². The fourth-order valence-corrected chi connectivity index (χ4v) is 2.51. The standard InChI is InChI=1S/C13H18ClNO/c1-10-3-2-7-15(10)8-6-11-4-5-13(16)12(14)9-11/h4-5,9-10,16H,2-3,6-8H2,1H3/t10-/m1/s1. The van der Waals surface area contributed by atoms with Gasteiger partial charge in [0, 0.05) is 12.6 Å². The molecule has 1 atom stereocenters. The fraction of sp³-hybridized carbons (Fsp3) is 0.538. The van der Waals surface area contributed by atoms with Crippen LogP contribution in [-0.4, -0.2) is 29.1 Å². The number of phenolic OH excluding ortho intramolecular Hbond substituents is 1. The number of hydrogen-bond donors (Lipinski definition) is 1. The Kier molecular flexibility index (Phi) is 3.72. The van der Waals surface area contributed by atoms with Crippen LogP contribution < -0.4 is 0 Å². The van der Waals surface area contributed by atoms with E-state index in [2.05, 4.69) is 11.8 Å². The fourth-order valence-electron chi connectivity index (χ4n) is 2.30. The van der Waals surface area contributed by atoms with Crippen molar-refractivity contribution in [2.75, 3.05) is 13.1 Å². The molecule has 88 valence electrons. The van der Waals surface area contributed by atoms with Crippen molar-refractivity contribution in [1.29, 1.82) is 0 Å². The highest BCUT2D eigenvalue weighted by Crippen LogP contribution is 2.24. The van der Waals surface area contributed by atoms with E-state index in [1.165, 1.54) is 24.9 Å². The number of nitrogens with zero attached hydrogens (tertiary/aromatic N) is 1. The van der Waals surface area contributed by atoms with Gasteiger partial charge in [0.1, 0.15) is 5.75 Å². The van der Waals surface area contributed by atoms with Gasteiger partial charge in [0.2, 0.25) is 0 Å². The van der Waals surface area contributed by atoms with E-state index in [1.54, 1.807) is 6.07 Å². The summed E-state index contributed by atoms with van der Waals surface area (Å²) in [7, 11) is 0. The van der Waals surface area contributed by atoms with Crippen molar-refractivity contribution in [1.82, 2.24) is 4.90 Å². The van der Waals surface area contributed by atoms with Gasteiger partial charge in [0.05, 0.1) is 5.02 Å². The molecule has 0 aromatic heterocycles. The van der Waals surface area contributed by atoms with E-state index in [9.17, 15) is 5.11 Å². The number of hydrogen-bond acceptors (Lipinski definition) is 2. The predicted octanol–water partition coefficient (Wildman–Crippen LogP) is 3.07. The van der Waals surface area contributed by atoms with Crippen molar-refractivity contribution in [3.63, 3.8) is 0 Å². The molecule has 0 unspecified atom stereocenters. The number of rotatable bonds is 3. The zero-order chi connectivity index (χ0) is 11.5. The Morgan fingerprint density at radius 2 is 2.31 bits per heavy atom. The minimum Gasteiger partial charge on any atom is -0.506 e. The van der Waals surface area contributed by atoms with Crippen molar-refractivity contribution in [2.45, 2.75) is 32.2 Å². The molecular weight excluding hydrogens is 222 g/mol. The van der Waals surface area contributed by atoms with Crippen LogP contribution in [0.3, 0.4) is 0 Å². The third kappa shape index (κ3) is 2.69. The van der Waals surface area contributed by atoms with Gasteiger partial charge < -0.3 is 10.0 Å². The maximum atomic E-state index is 9.32. The number of phenols is 1. The lowest BCUT2D eigenvalue weighted by Gasteiger charge is -2.20. The molecule has 1 aliphatic heterocycles. The second-order valence-electron chi connectivity index (χ2n) is 4.56. The molecule has 0 amide bonds. The molecule has 1 heterocycles. The first-order valence-electron chi connectivity index (χ1n) is 5.88. The molecule has 3 heteroatoms. The Hall–Kier alpha value is -0.730. The van der Waals surface area contributed by atoms with E-state index in [0.29, 0.717) is 11.1 Å². The highest BCUT2D eigenvalue weighted by Gasteiger charge is 2.19. The molecule has 2 nitrogen and oxygen atoms in total. The first-order chi connectivity index (χ1) is 7.66. The van der Waals surface area contributed by atoms with Gasteiger partial charge in [-0.1, -0.05) is 17.7 Å². The van der Waals surface area contributed by atoms with Gasteiger partial charge in [0.15, 0.2) is 0 Å². The van der Waals surface area contributed by atoms with E-state index in [-0.39, 0.29) is 5.75 Å². The predicted molar refractivity (Wildman–Crippen MR) is 67.1 cm³/mol. The van der Waals surface area contributed by atoms with Crippen LogP contribution >= 0.6 is 11.6 Å². The minimum atomic E-state index is 0.167. The molecule has 1 saturated heterocycles. The summed E-state index contributed by atoms with van der Waals surface area (Å²) >= 11 is 5.87. The first kappa shape index (κ1) is 11.7. The minimum absolute atomic E-state index is 0.167. The van der Waals surface area contributed by atoms with Gasteiger partial charge in [-0.05, 0) is 50.4 Å². The van der Waals surface area contributed by atoms with Crippen LogP contribution in [0.2, 0.25) is 5.02 Å². The Morgan fingerprint density at radius 1 is 1.50 bits per heavy atom. The van der Waals surface area contributed by atoms with Crippen molar-refractivity contribution in [3.8, 4) is 5.75 Å². The van der Waals surface area contributed by atoms with Gasteiger partial charge in [-0.3, -0.25) is 0 Å². The number of halogens is 1. The summed E-state index contributed by atoms with van der Waals surface area (Å²) in [5.41, 5.74) is 1.20. The van der Waals surface area contributed by atoms with E-state index in [4.69, 9.17) is 11.6 Å². The lowest BCUT2D eigenvalue weighted by Crippen LogP contribution is -2.28. The van der Waals surface area contributed by atoms with Crippen LogP contribution in [0.4, 0.5) is 0 Å². The molecule has 2 rings (SSSR count). The molecule has 0 radical (unpaired) electrons. The smallest absolute Gasteiger partial charge is 0.134 e. The molecular formula is C13H18ClNO. The second kappa shape index (κ2) is 5.07. The van der Waals surface area contributed by atoms with Gasteiger partial charge >= 0.3 is 0 Å². The van der Waals surface area contributed by atoms with E-state index in [0.717, 1.165) is 13.0 Å². The molecule has 1 aliphatic rings. The van der Waals surface area contributed by atoms with Gasteiger partial charge in [-0.2, -0.15) is 0 Å². The SMILES string of the molecule is C[C@@H]1CCCN1CCc1ccc(O)c(Cl)c1. The van der Waals surface area contributed by atoms with Gasteiger partial charge in [-0.25, -0.2) is 0 Å². The number of aromatic hydroxyl groups is 1. The van der Waals surface area contributed by atoms with Crippen LogP contribution in [0.5, 0.6) is 5.75 Å². The Labute approximate surface area is 102 Å². The lowest BCUT2D eigenvalue weighted by atomic mass is 10.1. The third-order valence-corrected chi connectivity index (χ3v) is 3.69. The molecule has 16 heavy (non-hydrogen) atoms. The van der Waals surface area contributed by atoms with Crippen LogP contribution in [0.1, 0.15) is 25.3 Å². The van der Waals surface area contributed by atoms with Crippen LogP contribution in [-0.2, 0) is 6.42 Å². The maximum absolute atomic E-state index is 9.32. The zero-order valence-electron chi connectivity index (χ0n) is 9.62. The van der Waals surface area contributed by atoms with Crippen molar-refractivity contribution < 1.29 is 5.11 Å². The molecule has 0 bridgehead atoms. The van der Waals surface area contributed by atoms with E-state index < -0.39 is 0 Å². The van der Waals surface area contributed by atoms with E-state index in [1.807, 2.05) is 12.1 Å². The highest BCUT2D eigenvalue weighted by molar-refractivity contribution is 6.32. The lowest BCUT2D eigenvalue weighted by molar-refractivity contribution is 0.272. The summed E-state index contributed by atoms with van der Waals surface area (Å²) in [5.74, 6) is 0.167. The maximum Gasteiger partial charge on any atom is 0.134 e. The first-order valence-corrected chi connectivity index (χ1v) is 6.26. The number of benzene rings is 1. The highest BCUT2D eigenvalue weighted by atomic mass is 35.5. The largest absolute Gasteiger partial charge is 0.506 e.